The SMILES string of the molecule is COc1ccc(CCN2CC(=O)N3C(c4cccc([N+](=O)[O-])c4)c4[nH]c5ccccc5c4C[C@H]3C2=O)cc1OC. The van der Waals surface area contributed by atoms with Crippen molar-refractivity contribution >= 4 is 28.4 Å². The lowest BCUT2D eigenvalue weighted by atomic mass is 9.86. The molecule has 1 fully saturated rings. The Labute approximate surface area is 230 Å². The van der Waals surface area contributed by atoms with Crippen LogP contribution in [0.5, 0.6) is 11.5 Å². The molecule has 3 aromatic carbocycles. The van der Waals surface area contributed by atoms with Crippen LogP contribution < -0.4 is 9.47 Å². The molecule has 0 radical (unpaired) electrons. The van der Waals surface area contributed by atoms with Gasteiger partial charge in [-0.1, -0.05) is 36.4 Å². The van der Waals surface area contributed by atoms with Crippen molar-refractivity contribution in [3.63, 3.8) is 0 Å². The van der Waals surface area contributed by atoms with Crippen LogP contribution in [0.3, 0.4) is 0 Å². The quantitative estimate of drug-likeness (QED) is 0.280. The number of nitro groups is 1. The van der Waals surface area contributed by atoms with Gasteiger partial charge in [0.05, 0.1) is 31.7 Å². The summed E-state index contributed by atoms with van der Waals surface area (Å²) in [6.07, 6.45) is 0.904. The van der Waals surface area contributed by atoms with Crippen molar-refractivity contribution in [3.05, 3.63) is 99.2 Å². The fourth-order valence-electron chi connectivity index (χ4n) is 5.97. The Kier molecular flexibility index (Phi) is 6.37. The number of fused-ring (bicyclic) bond motifs is 4. The number of nitro benzene ring substituents is 1. The standard InChI is InChI=1S/C30H28N4O6/c1-39-25-11-10-18(14-26(25)40-2)12-13-32-17-27(35)33-24(30(32)36)16-22-21-8-3-4-9-23(21)31-28(22)29(33)19-6-5-7-20(15-19)34(37)38/h3-11,14-15,24,29,31H,12-13,16-17H2,1-2H3/t24-,29?/m0/s1. The summed E-state index contributed by atoms with van der Waals surface area (Å²) in [6, 6.07) is 18.4. The summed E-state index contributed by atoms with van der Waals surface area (Å²) in [7, 11) is 3.15. The van der Waals surface area contributed by atoms with E-state index in [0.29, 0.717) is 36.4 Å². The van der Waals surface area contributed by atoms with Crippen LogP contribution in [-0.2, 0) is 22.4 Å². The van der Waals surface area contributed by atoms with E-state index in [4.69, 9.17) is 9.47 Å². The summed E-state index contributed by atoms with van der Waals surface area (Å²) < 4.78 is 10.7. The lowest BCUT2D eigenvalue weighted by Crippen LogP contribution is -2.63. The first-order valence-electron chi connectivity index (χ1n) is 13.0. The van der Waals surface area contributed by atoms with Crippen molar-refractivity contribution in [1.82, 2.24) is 14.8 Å². The summed E-state index contributed by atoms with van der Waals surface area (Å²) in [5, 5.41) is 12.6. The maximum Gasteiger partial charge on any atom is 0.269 e. The zero-order valence-corrected chi connectivity index (χ0v) is 22.1. The molecule has 2 atom stereocenters. The summed E-state index contributed by atoms with van der Waals surface area (Å²) in [5.74, 6) is 0.894. The topological polar surface area (TPSA) is 118 Å². The van der Waals surface area contributed by atoms with E-state index in [1.54, 1.807) is 36.2 Å². The number of aromatic amines is 1. The number of aromatic nitrogens is 1. The van der Waals surface area contributed by atoms with E-state index in [2.05, 4.69) is 4.98 Å². The van der Waals surface area contributed by atoms with Gasteiger partial charge in [-0.3, -0.25) is 19.7 Å². The number of non-ortho nitro benzene ring substituents is 1. The zero-order valence-electron chi connectivity index (χ0n) is 22.1. The molecule has 0 saturated carbocycles. The van der Waals surface area contributed by atoms with Gasteiger partial charge in [0.2, 0.25) is 11.8 Å². The Hall–Kier alpha value is -4.86. The first-order chi connectivity index (χ1) is 19.4. The number of ether oxygens (including phenoxy) is 2. The average Bonchev–Trinajstić information content (AvgIpc) is 3.35. The van der Waals surface area contributed by atoms with E-state index in [-0.39, 0.29) is 24.0 Å². The first kappa shape index (κ1) is 25.4. The van der Waals surface area contributed by atoms with Crippen LogP contribution in [0.25, 0.3) is 10.9 Å². The van der Waals surface area contributed by atoms with Crippen LogP contribution in [0, 0.1) is 10.1 Å². The number of carbonyl (C=O) groups excluding carboxylic acids is 2. The van der Waals surface area contributed by atoms with Crippen molar-refractivity contribution < 1.29 is 24.0 Å². The molecule has 4 aromatic rings. The number of hydrogen-bond donors (Lipinski definition) is 1. The number of hydrogen-bond acceptors (Lipinski definition) is 6. The van der Waals surface area contributed by atoms with Gasteiger partial charge >= 0.3 is 0 Å². The molecule has 1 aromatic heterocycles. The van der Waals surface area contributed by atoms with E-state index < -0.39 is 17.0 Å². The van der Waals surface area contributed by atoms with Gasteiger partial charge < -0.3 is 24.3 Å². The minimum Gasteiger partial charge on any atom is -0.493 e. The molecule has 0 spiro atoms. The predicted octanol–water partition coefficient (Wildman–Crippen LogP) is 4.02. The van der Waals surface area contributed by atoms with Crippen molar-refractivity contribution in [2.75, 3.05) is 27.3 Å². The number of piperazine rings is 1. The molecule has 3 heterocycles. The Morgan fingerprint density at radius 3 is 2.58 bits per heavy atom. The molecule has 10 heteroatoms. The molecule has 1 saturated heterocycles. The number of nitrogens with zero attached hydrogens (tertiary/aromatic N) is 3. The van der Waals surface area contributed by atoms with Crippen molar-refractivity contribution in [1.29, 1.82) is 0 Å². The summed E-state index contributed by atoms with van der Waals surface area (Å²) in [5.41, 5.74) is 4.12. The Balaban J connectivity index is 1.36. The molecule has 40 heavy (non-hydrogen) atoms. The van der Waals surface area contributed by atoms with Gasteiger partial charge in [-0.2, -0.15) is 0 Å². The van der Waals surface area contributed by atoms with E-state index in [1.165, 1.54) is 12.1 Å². The minimum atomic E-state index is -0.720. The van der Waals surface area contributed by atoms with Crippen LogP contribution >= 0.6 is 0 Å². The molecular weight excluding hydrogens is 512 g/mol. The molecule has 6 rings (SSSR count). The normalized spacial score (nSPS) is 18.4. The van der Waals surface area contributed by atoms with Gasteiger partial charge in [0, 0.05) is 41.7 Å². The second kappa shape index (κ2) is 10.0. The third-order valence-electron chi connectivity index (χ3n) is 7.86. The highest BCUT2D eigenvalue weighted by Crippen LogP contribution is 2.43. The molecular formula is C30H28N4O6. The molecule has 0 aliphatic carbocycles. The molecule has 2 aliphatic rings. The molecule has 2 amide bonds. The molecule has 1 unspecified atom stereocenters. The summed E-state index contributed by atoms with van der Waals surface area (Å²) in [6.45, 7) is 0.302. The number of amides is 2. The van der Waals surface area contributed by atoms with Crippen LogP contribution in [0.15, 0.2) is 66.7 Å². The highest BCUT2D eigenvalue weighted by Gasteiger charge is 2.48. The highest BCUT2D eigenvalue weighted by molar-refractivity contribution is 5.97. The van der Waals surface area contributed by atoms with Crippen LogP contribution in [0.2, 0.25) is 0 Å². The fraction of sp³-hybridized carbons (Fsp3) is 0.267. The maximum absolute atomic E-state index is 13.9. The second-order valence-corrected chi connectivity index (χ2v) is 10.0. The van der Waals surface area contributed by atoms with Crippen molar-refractivity contribution in [2.45, 2.75) is 24.9 Å². The van der Waals surface area contributed by atoms with Gasteiger partial charge in [-0.25, -0.2) is 0 Å². The lowest BCUT2D eigenvalue weighted by Gasteiger charge is -2.47. The summed E-state index contributed by atoms with van der Waals surface area (Å²) >= 11 is 0. The number of methoxy groups -OCH3 is 2. The van der Waals surface area contributed by atoms with Gasteiger partial charge in [0.1, 0.15) is 6.04 Å². The molecule has 10 nitrogen and oxygen atoms in total. The monoisotopic (exact) mass is 540 g/mol. The number of H-pyrrole nitrogens is 1. The number of nitrogens with one attached hydrogen (secondary N) is 1. The van der Waals surface area contributed by atoms with Gasteiger partial charge in [0.15, 0.2) is 11.5 Å². The molecule has 204 valence electrons. The third kappa shape index (κ3) is 4.21. The lowest BCUT2D eigenvalue weighted by molar-refractivity contribution is -0.384. The Morgan fingerprint density at radius 2 is 1.80 bits per heavy atom. The molecule has 0 bridgehead atoms. The Morgan fingerprint density at radius 1 is 1.00 bits per heavy atom. The molecule has 2 aliphatic heterocycles. The number of rotatable bonds is 7. The van der Waals surface area contributed by atoms with Crippen LogP contribution in [-0.4, -0.2) is 64.9 Å². The van der Waals surface area contributed by atoms with Crippen LogP contribution in [0.1, 0.15) is 28.4 Å². The molecule has 1 N–H and O–H groups in total. The van der Waals surface area contributed by atoms with Crippen molar-refractivity contribution in [3.8, 4) is 11.5 Å². The van der Waals surface area contributed by atoms with E-state index in [9.17, 15) is 19.7 Å². The van der Waals surface area contributed by atoms with Gasteiger partial charge in [-0.15, -0.1) is 0 Å². The van der Waals surface area contributed by atoms with Crippen molar-refractivity contribution in [2.24, 2.45) is 0 Å². The third-order valence-corrected chi connectivity index (χ3v) is 7.86. The number of carbonyl (C=O) groups is 2. The van der Waals surface area contributed by atoms with Gasteiger partial charge in [0.25, 0.3) is 5.69 Å². The fourth-order valence-corrected chi connectivity index (χ4v) is 5.97. The predicted molar refractivity (Wildman–Crippen MR) is 147 cm³/mol. The number of para-hydroxylation sites is 1. The van der Waals surface area contributed by atoms with Gasteiger partial charge in [-0.05, 0) is 41.3 Å². The number of benzene rings is 3. The van der Waals surface area contributed by atoms with E-state index in [1.807, 2.05) is 42.5 Å². The smallest absolute Gasteiger partial charge is 0.269 e. The van der Waals surface area contributed by atoms with Crippen LogP contribution in [0.4, 0.5) is 5.69 Å². The van der Waals surface area contributed by atoms with E-state index >= 15 is 0 Å². The minimum absolute atomic E-state index is 0.0652. The zero-order chi connectivity index (χ0) is 28.0. The first-order valence-corrected chi connectivity index (χ1v) is 13.0. The largest absolute Gasteiger partial charge is 0.493 e. The second-order valence-electron chi connectivity index (χ2n) is 10.0. The highest BCUT2D eigenvalue weighted by atomic mass is 16.6. The average molecular weight is 541 g/mol. The Bertz CT molecular complexity index is 1650. The van der Waals surface area contributed by atoms with E-state index in [0.717, 1.165) is 27.7 Å². The summed E-state index contributed by atoms with van der Waals surface area (Å²) in [4.78, 5) is 45.5. The maximum atomic E-state index is 13.9.